The molecule has 2 aromatic rings. The smallest absolute Gasteiger partial charge is 0.311 e. The minimum Gasteiger partial charge on any atom is -0.345 e. The van der Waals surface area contributed by atoms with Crippen LogP contribution in [0.4, 0.5) is 18.9 Å². The summed E-state index contributed by atoms with van der Waals surface area (Å²) in [5.41, 5.74) is -0.798. The normalized spacial score (nSPS) is 17.9. The second-order valence-electron chi connectivity index (χ2n) is 8.46. The number of hydrogen-bond donors (Lipinski definition) is 3. The number of aromatic nitrogens is 1. The fraction of sp³-hybridized carbons (Fsp3) is 0.381. The van der Waals surface area contributed by atoms with Gasteiger partial charge in [0, 0.05) is 50.2 Å². The summed E-state index contributed by atoms with van der Waals surface area (Å²) >= 11 is 0. The van der Waals surface area contributed by atoms with Crippen molar-refractivity contribution in [3.63, 3.8) is 0 Å². The lowest BCUT2D eigenvalue weighted by molar-refractivity contribution is -0.145. The monoisotopic (exact) mass is 513 g/mol. The molecular formula is C21H22F3N5O5S. The van der Waals surface area contributed by atoms with E-state index in [1.165, 1.54) is 11.9 Å². The van der Waals surface area contributed by atoms with Crippen LogP contribution in [0.2, 0.25) is 0 Å². The summed E-state index contributed by atoms with van der Waals surface area (Å²) in [7, 11) is -3.20. The molecule has 1 saturated heterocycles. The van der Waals surface area contributed by atoms with Crippen molar-refractivity contribution in [2.45, 2.75) is 36.2 Å². The van der Waals surface area contributed by atoms with Crippen LogP contribution in [-0.2, 0) is 26.7 Å². The lowest BCUT2D eigenvalue weighted by Gasteiger charge is -2.16. The molecule has 0 spiro atoms. The predicted octanol–water partition coefficient (Wildman–Crippen LogP) is 0.852. The van der Waals surface area contributed by atoms with Crippen LogP contribution in [0.1, 0.15) is 29.8 Å². The Kier molecular flexibility index (Phi) is 6.60. The van der Waals surface area contributed by atoms with Gasteiger partial charge in [-0.1, -0.05) is 0 Å². The second kappa shape index (κ2) is 9.34. The van der Waals surface area contributed by atoms with Crippen LogP contribution < -0.4 is 15.4 Å². The molecular weight excluding hydrogens is 491 g/mol. The number of nitrogens with zero attached hydrogens (tertiary/aromatic N) is 2. The molecule has 2 heterocycles. The first kappa shape index (κ1) is 24.7. The van der Waals surface area contributed by atoms with E-state index in [2.05, 4.69) is 15.4 Å². The first-order valence-electron chi connectivity index (χ1n) is 10.7. The van der Waals surface area contributed by atoms with Gasteiger partial charge in [-0.25, -0.2) is 26.3 Å². The molecule has 10 nitrogen and oxygen atoms in total. The van der Waals surface area contributed by atoms with E-state index >= 15 is 4.39 Å². The van der Waals surface area contributed by atoms with Crippen LogP contribution >= 0.6 is 0 Å². The molecule has 35 heavy (non-hydrogen) atoms. The number of halogens is 3. The highest BCUT2D eigenvalue weighted by Gasteiger charge is 2.36. The number of hydrogen-bond acceptors (Lipinski definition) is 5. The summed E-state index contributed by atoms with van der Waals surface area (Å²) in [6.07, 6.45) is 2.73. The Hall–Kier alpha value is -3.39. The molecule has 3 N–H and O–H groups in total. The van der Waals surface area contributed by atoms with Crippen LogP contribution in [0.25, 0.3) is 0 Å². The molecule has 1 aliphatic carbocycles. The summed E-state index contributed by atoms with van der Waals surface area (Å²) < 4.78 is 70.4. The first-order chi connectivity index (χ1) is 16.5. The van der Waals surface area contributed by atoms with E-state index in [1.807, 2.05) is 0 Å². The van der Waals surface area contributed by atoms with Gasteiger partial charge in [0.1, 0.15) is 10.6 Å². The van der Waals surface area contributed by atoms with Gasteiger partial charge in [-0.05, 0) is 31.4 Å². The molecule has 3 amide bonds. The van der Waals surface area contributed by atoms with E-state index in [4.69, 9.17) is 0 Å². The zero-order valence-electron chi connectivity index (χ0n) is 18.5. The van der Waals surface area contributed by atoms with Crippen LogP contribution in [-0.4, -0.2) is 60.8 Å². The fourth-order valence-corrected chi connectivity index (χ4v) is 5.11. The Balaban J connectivity index is 1.44. The van der Waals surface area contributed by atoms with Gasteiger partial charge in [0.15, 0.2) is 17.5 Å². The molecule has 188 valence electrons. The van der Waals surface area contributed by atoms with E-state index in [-0.39, 0.29) is 31.2 Å². The molecule has 1 aromatic heterocycles. The zero-order chi connectivity index (χ0) is 25.5. The van der Waals surface area contributed by atoms with Crippen LogP contribution in [0, 0.1) is 17.5 Å². The lowest BCUT2D eigenvalue weighted by atomic mass is 10.3. The van der Waals surface area contributed by atoms with Gasteiger partial charge in [-0.3, -0.25) is 14.4 Å². The molecule has 0 bridgehead atoms. The number of sulfonamides is 1. The summed E-state index contributed by atoms with van der Waals surface area (Å²) in [4.78, 5) is 37.1. The van der Waals surface area contributed by atoms with Gasteiger partial charge in [0.2, 0.25) is 10.0 Å². The molecule has 1 atom stereocenters. The standard InChI is InChI=1S/C21H22F3N5O5S/c1-28-10-16(17(24)18(28)19(30)26-12-4-5-14(22)15(23)8-12)35(33,34)27-13-6-7-29(9-13)21(32)20(31)25-11-2-3-11/h4-5,8,10-11,13,27H,2-3,6-7,9H2,1H3,(H,25,31)(H,26,30)/t13-/m1/s1. The highest BCUT2D eigenvalue weighted by Crippen LogP contribution is 2.23. The highest BCUT2D eigenvalue weighted by atomic mass is 32.2. The molecule has 0 radical (unpaired) electrons. The van der Waals surface area contributed by atoms with Crippen molar-refractivity contribution in [2.75, 3.05) is 18.4 Å². The second-order valence-corrected chi connectivity index (χ2v) is 10.1. The van der Waals surface area contributed by atoms with Crippen molar-refractivity contribution in [1.82, 2.24) is 19.5 Å². The van der Waals surface area contributed by atoms with Crippen molar-refractivity contribution in [3.05, 3.63) is 47.5 Å². The summed E-state index contributed by atoms with van der Waals surface area (Å²) in [6.45, 7) is 0.0668. The average Bonchev–Trinajstić information content (AvgIpc) is 3.38. The molecule has 4 rings (SSSR count). The molecule has 1 aromatic carbocycles. The topological polar surface area (TPSA) is 130 Å². The Morgan fingerprint density at radius 3 is 2.40 bits per heavy atom. The molecule has 1 aliphatic heterocycles. The number of carbonyl (C=O) groups excluding carboxylic acids is 3. The Labute approximate surface area is 198 Å². The van der Waals surface area contributed by atoms with Gasteiger partial charge in [-0.15, -0.1) is 0 Å². The Morgan fingerprint density at radius 1 is 1.03 bits per heavy atom. The maximum atomic E-state index is 15.0. The third-order valence-corrected chi connectivity index (χ3v) is 7.18. The number of amides is 3. The van der Waals surface area contributed by atoms with E-state index in [1.54, 1.807) is 0 Å². The average molecular weight is 513 g/mol. The minimum atomic E-state index is -4.45. The van der Waals surface area contributed by atoms with Gasteiger partial charge in [0.05, 0.1) is 0 Å². The van der Waals surface area contributed by atoms with Gasteiger partial charge in [-0.2, -0.15) is 0 Å². The first-order valence-corrected chi connectivity index (χ1v) is 12.2. The number of rotatable bonds is 6. The number of carbonyl (C=O) groups is 3. The Bertz CT molecular complexity index is 1310. The highest BCUT2D eigenvalue weighted by molar-refractivity contribution is 7.89. The molecule has 14 heteroatoms. The maximum absolute atomic E-state index is 15.0. The van der Waals surface area contributed by atoms with Crippen LogP contribution in [0.15, 0.2) is 29.3 Å². The van der Waals surface area contributed by atoms with Crippen molar-refractivity contribution in [1.29, 1.82) is 0 Å². The zero-order valence-corrected chi connectivity index (χ0v) is 19.3. The summed E-state index contributed by atoms with van der Waals surface area (Å²) in [5.74, 6) is -6.28. The van der Waals surface area contributed by atoms with E-state index in [0.29, 0.717) is 6.07 Å². The number of nitrogens with one attached hydrogen (secondary N) is 3. The summed E-state index contributed by atoms with van der Waals surface area (Å²) in [5, 5.41) is 4.76. The van der Waals surface area contributed by atoms with Crippen molar-refractivity contribution < 1.29 is 36.0 Å². The molecule has 1 saturated carbocycles. The largest absolute Gasteiger partial charge is 0.345 e. The molecule has 2 aliphatic rings. The lowest BCUT2D eigenvalue weighted by Crippen LogP contribution is -2.44. The third kappa shape index (κ3) is 5.32. The minimum absolute atomic E-state index is 0.00196. The summed E-state index contributed by atoms with van der Waals surface area (Å²) in [6, 6.07) is 1.77. The SMILES string of the molecule is Cn1cc(S(=O)(=O)N[C@@H]2CCN(C(=O)C(=O)NC3CC3)C2)c(F)c1C(=O)Nc1ccc(F)c(F)c1. The van der Waals surface area contributed by atoms with E-state index < -0.39 is 61.8 Å². The van der Waals surface area contributed by atoms with Crippen molar-refractivity contribution in [2.24, 2.45) is 7.05 Å². The van der Waals surface area contributed by atoms with Crippen molar-refractivity contribution in [3.8, 4) is 0 Å². The van der Waals surface area contributed by atoms with Gasteiger partial charge >= 0.3 is 11.8 Å². The molecule has 2 fully saturated rings. The van der Waals surface area contributed by atoms with Crippen LogP contribution in [0.5, 0.6) is 0 Å². The van der Waals surface area contributed by atoms with Crippen LogP contribution in [0.3, 0.4) is 0 Å². The fourth-order valence-electron chi connectivity index (χ4n) is 3.72. The Morgan fingerprint density at radius 2 is 1.74 bits per heavy atom. The number of likely N-dealkylation sites (tertiary alicyclic amines) is 1. The van der Waals surface area contributed by atoms with Gasteiger partial charge < -0.3 is 20.1 Å². The van der Waals surface area contributed by atoms with E-state index in [0.717, 1.165) is 35.7 Å². The quantitative estimate of drug-likeness (QED) is 0.494. The maximum Gasteiger partial charge on any atom is 0.311 e. The van der Waals surface area contributed by atoms with E-state index in [9.17, 15) is 31.6 Å². The number of aryl methyl sites for hydroxylation is 1. The third-order valence-electron chi connectivity index (χ3n) is 5.67. The molecule has 0 unspecified atom stereocenters. The van der Waals surface area contributed by atoms with Crippen molar-refractivity contribution >= 4 is 33.4 Å². The number of benzene rings is 1. The number of anilines is 1. The predicted molar refractivity (Wildman–Crippen MR) is 116 cm³/mol. The van der Waals surface area contributed by atoms with Gasteiger partial charge in [0.25, 0.3) is 5.91 Å².